The second-order valence-electron chi connectivity index (χ2n) is 6.89. The van der Waals surface area contributed by atoms with Crippen LogP contribution in [0.3, 0.4) is 0 Å². The predicted octanol–water partition coefficient (Wildman–Crippen LogP) is 5.89. The smallest absolute Gasteiger partial charge is 0.234 e. The molecule has 0 aliphatic heterocycles. The highest BCUT2D eigenvalue weighted by Crippen LogP contribution is 2.34. The van der Waals surface area contributed by atoms with Gasteiger partial charge in [-0.15, -0.1) is 0 Å². The number of nitrogens with one attached hydrogen (secondary N) is 1. The number of hydrogen-bond acceptors (Lipinski definition) is 5. The summed E-state index contributed by atoms with van der Waals surface area (Å²) in [6, 6.07) is 19.4. The second-order valence-corrected chi connectivity index (χ2v) is 9.17. The Morgan fingerprint density at radius 3 is 2.39 bits per heavy atom. The molecule has 0 unspecified atom stereocenters. The van der Waals surface area contributed by atoms with E-state index >= 15 is 0 Å². The third-order valence-electron chi connectivity index (χ3n) is 4.68. The molecule has 1 aromatic heterocycles. The maximum atomic E-state index is 14.3. The molecule has 4 rings (SSSR count). The highest BCUT2D eigenvalue weighted by Gasteiger charge is 2.29. The summed E-state index contributed by atoms with van der Waals surface area (Å²) in [5.74, 6) is -0.787. The van der Waals surface area contributed by atoms with Gasteiger partial charge in [0.05, 0.1) is 10.5 Å². The van der Waals surface area contributed by atoms with Crippen LogP contribution in [0.4, 0.5) is 10.3 Å². The first-order valence-corrected chi connectivity index (χ1v) is 11.3. The molecule has 0 spiro atoms. The zero-order chi connectivity index (χ0) is 22.0. The van der Waals surface area contributed by atoms with Crippen LogP contribution >= 0.6 is 11.6 Å². The largest absolute Gasteiger partial charge is 0.419 e. The van der Waals surface area contributed by atoms with Crippen molar-refractivity contribution in [2.24, 2.45) is 0 Å². The molecule has 0 saturated carbocycles. The Morgan fingerprint density at radius 1 is 1.00 bits per heavy atom. The number of benzene rings is 3. The number of aryl methyl sites for hydroxylation is 1. The molecular formula is C23H18ClFN2O3S. The monoisotopic (exact) mass is 456 g/mol. The third kappa shape index (κ3) is 4.33. The van der Waals surface area contributed by atoms with Gasteiger partial charge >= 0.3 is 0 Å². The normalized spacial score (nSPS) is 11.5. The van der Waals surface area contributed by atoms with Gasteiger partial charge in [-0.05, 0) is 42.8 Å². The van der Waals surface area contributed by atoms with Gasteiger partial charge in [-0.1, -0.05) is 59.6 Å². The second kappa shape index (κ2) is 8.53. The summed E-state index contributed by atoms with van der Waals surface area (Å²) in [4.78, 5) is 4.22. The Kier molecular flexibility index (Phi) is 5.80. The Hall–Kier alpha value is -3.16. The van der Waals surface area contributed by atoms with E-state index in [2.05, 4.69) is 10.3 Å². The van der Waals surface area contributed by atoms with Gasteiger partial charge in [0.25, 0.3) is 0 Å². The lowest BCUT2D eigenvalue weighted by Gasteiger charge is -2.07. The van der Waals surface area contributed by atoms with Crippen LogP contribution in [0.15, 0.2) is 87.1 Å². The van der Waals surface area contributed by atoms with Crippen molar-refractivity contribution in [3.05, 3.63) is 94.8 Å². The molecule has 1 N–H and O–H groups in total. The zero-order valence-electron chi connectivity index (χ0n) is 16.5. The fraction of sp³-hybridized carbons (Fsp3) is 0.0870. The van der Waals surface area contributed by atoms with Crippen molar-refractivity contribution < 1.29 is 17.2 Å². The molecule has 31 heavy (non-hydrogen) atoms. The molecule has 1 heterocycles. The van der Waals surface area contributed by atoms with Gasteiger partial charge in [0.15, 0.2) is 0 Å². The molecule has 0 radical (unpaired) electrons. The number of aromatic nitrogens is 1. The average Bonchev–Trinajstić information content (AvgIpc) is 3.19. The number of nitrogens with zero attached hydrogens (tertiary/aromatic N) is 1. The Morgan fingerprint density at radius 2 is 1.68 bits per heavy atom. The molecule has 0 atom stereocenters. The van der Waals surface area contributed by atoms with Gasteiger partial charge < -0.3 is 9.73 Å². The quantitative estimate of drug-likeness (QED) is 0.392. The van der Waals surface area contributed by atoms with E-state index in [4.69, 9.17) is 16.0 Å². The van der Waals surface area contributed by atoms with E-state index in [0.29, 0.717) is 5.02 Å². The average molecular weight is 457 g/mol. The van der Waals surface area contributed by atoms with Crippen molar-refractivity contribution in [1.29, 1.82) is 0 Å². The summed E-state index contributed by atoms with van der Waals surface area (Å²) in [6.45, 7) is 2.06. The van der Waals surface area contributed by atoms with Crippen molar-refractivity contribution >= 4 is 27.3 Å². The van der Waals surface area contributed by atoms with Crippen LogP contribution in [0, 0.1) is 12.7 Å². The van der Waals surface area contributed by atoms with E-state index in [0.717, 1.165) is 11.1 Å². The molecule has 0 aliphatic rings. The fourth-order valence-corrected chi connectivity index (χ4v) is 4.48. The van der Waals surface area contributed by atoms with E-state index in [1.54, 1.807) is 36.4 Å². The first kappa shape index (κ1) is 21.1. The van der Waals surface area contributed by atoms with E-state index in [9.17, 15) is 12.8 Å². The predicted molar refractivity (Wildman–Crippen MR) is 117 cm³/mol. The van der Waals surface area contributed by atoms with E-state index in [1.165, 1.54) is 30.3 Å². The maximum absolute atomic E-state index is 14.3. The number of oxazole rings is 1. The van der Waals surface area contributed by atoms with Crippen LogP contribution in [0.5, 0.6) is 0 Å². The number of sulfone groups is 1. The molecule has 5 nitrogen and oxygen atoms in total. The lowest BCUT2D eigenvalue weighted by Crippen LogP contribution is -2.07. The van der Waals surface area contributed by atoms with Gasteiger partial charge in [0, 0.05) is 11.6 Å². The third-order valence-corrected chi connectivity index (χ3v) is 6.73. The van der Waals surface area contributed by atoms with Crippen LogP contribution in [0.2, 0.25) is 5.02 Å². The van der Waals surface area contributed by atoms with Crippen LogP contribution in [-0.2, 0) is 16.4 Å². The van der Waals surface area contributed by atoms with Crippen molar-refractivity contribution in [2.45, 2.75) is 23.4 Å². The minimum absolute atomic E-state index is 0.0623. The van der Waals surface area contributed by atoms with Crippen LogP contribution in [-0.4, -0.2) is 13.4 Å². The Balaban J connectivity index is 1.79. The number of halogens is 2. The molecule has 8 heteroatoms. The Labute approximate surface area is 184 Å². The van der Waals surface area contributed by atoms with Crippen LogP contribution in [0.1, 0.15) is 11.1 Å². The number of anilines is 1. The Bertz CT molecular complexity index is 1340. The summed E-state index contributed by atoms with van der Waals surface area (Å²) in [7, 11) is -4.02. The standard InChI is InChI=1S/C23H18ClFN2O3S/c1-15-10-12-17(13-11-15)31(28,29)23-22(26-14-16-6-2-4-8-19(16)24)30-21(27-23)18-7-3-5-9-20(18)25/h2-13,26H,14H2,1H3. The molecule has 4 aromatic rings. The van der Waals surface area contributed by atoms with Gasteiger partial charge in [0.1, 0.15) is 5.82 Å². The van der Waals surface area contributed by atoms with Crippen molar-refractivity contribution in [2.75, 3.05) is 5.32 Å². The van der Waals surface area contributed by atoms with Crippen LogP contribution < -0.4 is 5.32 Å². The van der Waals surface area contributed by atoms with Gasteiger partial charge in [-0.25, -0.2) is 12.8 Å². The minimum atomic E-state index is -4.02. The summed E-state index contributed by atoms with van der Waals surface area (Å²) in [5.41, 5.74) is 1.73. The first-order chi connectivity index (χ1) is 14.9. The highest BCUT2D eigenvalue weighted by atomic mass is 35.5. The molecule has 0 fully saturated rings. The molecule has 3 aromatic carbocycles. The van der Waals surface area contributed by atoms with Gasteiger partial charge in [-0.3, -0.25) is 0 Å². The topological polar surface area (TPSA) is 72.2 Å². The number of hydrogen-bond donors (Lipinski definition) is 1. The lowest BCUT2D eigenvalue weighted by molar-refractivity contribution is 0.567. The van der Waals surface area contributed by atoms with E-state index < -0.39 is 15.7 Å². The fourth-order valence-electron chi connectivity index (χ4n) is 3.00. The van der Waals surface area contributed by atoms with Crippen LogP contribution in [0.25, 0.3) is 11.5 Å². The number of rotatable bonds is 6. The van der Waals surface area contributed by atoms with Crippen molar-refractivity contribution in [3.8, 4) is 11.5 Å². The summed E-state index contributed by atoms with van der Waals surface area (Å²) >= 11 is 6.20. The summed E-state index contributed by atoms with van der Waals surface area (Å²) < 4.78 is 46.6. The highest BCUT2D eigenvalue weighted by molar-refractivity contribution is 7.91. The minimum Gasteiger partial charge on any atom is -0.419 e. The maximum Gasteiger partial charge on any atom is 0.234 e. The zero-order valence-corrected chi connectivity index (χ0v) is 18.0. The first-order valence-electron chi connectivity index (χ1n) is 9.41. The van der Waals surface area contributed by atoms with Crippen molar-refractivity contribution in [3.63, 3.8) is 0 Å². The summed E-state index contributed by atoms with van der Waals surface area (Å²) in [5, 5.41) is 3.15. The molecule has 158 valence electrons. The molecular weight excluding hydrogens is 439 g/mol. The van der Waals surface area contributed by atoms with Crippen molar-refractivity contribution in [1.82, 2.24) is 4.98 Å². The van der Waals surface area contributed by atoms with E-state index in [1.807, 2.05) is 13.0 Å². The summed E-state index contributed by atoms with van der Waals surface area (Å²) in [6.07, 6.45) is 0. The molecule has 0 amide bonds. The molecule has 0 saturated heterocycles. The van der Waals surface area contributed by atoms with Gasteiger partial charge in [0.2, 0.25) is 26.6 Å². The van der Waals surface area contributed by atoms with E-state index in [-0.39, 0.29) is 33.8 Å². The molecule has 0 aliphatic carbocycles. The van der Waals surface area contributed by atoms with Gasteiger partial charge in [-0.2, -0.15) is 4.98 Å². The molecule has 0 bridgehead atoms. The SMILES string of the molecule is Cc1ccc(S(=O)(=O)c2nc(-c3ccccc3F)oc2NCc2ccccc2Cl)cc1. The lowest BCUT2D eigenvalue weighted by atomic mass is 10.2.